The Hall–Kier alpha value is -2.25. The lowest BCUT2D eigenvalue weighted by Gasteiger charge is -2.03. The van der Waals surface area contributed by atoms with Crippen molar-refractivity contribution in [3.05, 3.63) is 61.8 Å². The maximum atomic E-state index is 10.6. The zero-order valence-corrected chi connectivity index (χ0v) is 11.9. The van der Waals surface area contributed by atoms with Crippen LogP contribution in [0, 0.1) is 10.1 Å². The number of hydrogen-bond acceptors (Lipinski definition) is 5. The number of nitro groups is 1. The zero-order chi connectivity index (χ0) is 15.2. The molecule has 0 bridgehead atoms. The molecule has 2 rings (SSSR count). The van der Waals surface area contributed by atoms with Gasteiger partial charge in [-0.2, -0.15) is 0 Å². The standard InChI is InChI=1S/C14H14N2O4S/c17-14(18)7-12-5-6-13(21-12)9-15-8-10-1-3-11(4-2-10)16(19)20/h1-6,15H,7-9H2,(H,17,18). The number of carbonyl (C=O) groups is 1. The Morgan fingerprint density at radius 3 is 2.43 bits per heavy atom. The minimum atomic E-state index is -0.831. The predicted molar refractivity (Wildman–Crippen MR) is 79.3 cm³/mol. The van der Waals surface area contributed by atoms with E-state index in [2.05, 4.69) is 5.32 Å². The number of carboxylic acids is 1. The SMILES string of the molecule is O=C(O)Cc1ccc(CNCc2ccc([N+](=O)[O-])cc2)s1. The zero-order valence-electron chi connectivity index (χ0n) is 11.1. The van der Waals surface area contributed by atoms with Crippen LogP contribution < -0.4 is 5.32 Å². The normalized spacial score (nSPS) is 10.5. The number of hydrogen-bond donors (Lipinski definition) is 2. The van der Waals surface area contributed by atoms with Gasteiger partial charge in [0.2, 0.25) is 0 Å². The molecule has 6 nitrogen and oxygen atoms in total. The molecule has 0 aliphatic heterocycles. The third-order valence-corrected chi connectivity index (χ3v) is 3.90. The smallest absolute Gasteiger partial charge is 0.308 e. The fraction of sp³-hybridized carbons (Fsp3) is 0.214. The van der Waals surface area contributed by atoms with E-state index in [4.69, 9.17) is 5.11 Å². The topological polar surface area (TPSA) is 92.5 Å². The molecule has 1 aromatic carbocycles. The molecular formula is C14H14N2O4S. The summed E-state index contributed by atoms with van der Waals surface area (Å²) in [7, 11) is 0. The van der Waals surface area contributed by atoms with Crippen molar-refractivity contribution >= 4 is 23.0 Å². The van der Waals surface area contributed by atoms with E-state index in [1.54, 1.807) is 12.1 Å². The van der Waals surface area contributed by atoms with Gasteiger partial charge in [-0.3, -0.25) is 14.9 Å². The number of nitrogens with zero attached hydrogens (tertiary/aromatic N) is 1. The van der Waals surface area contributed by atoms with Crippen molar-refractivity contribution in [3.63, 3.8) is 0 Å². The highest BCUT2D eigenvalue weighted by Gasteiger charge is 2.05. The molecule has 0 saturated carbocycles. The average Bonchev–Trinajstić information content (AvgIpc) is 2.86. The van der Waals surface area contributed by atoms with Gasteiger partial charge in [-0.1, -0.05) is 12.1 Å². The van der Waals surface area contributed by atoms with Crippen LogP contribution in [0.2, 0.25) is 0 Å². The lowest BCUT2D eigenvalue weighted by molar-refractivity contribution is -0.384. The molecular weight excluding hydrogens is 292 g/mol. The molecule has 0 fully saturated rings. The van der Waals surface area contributed by atoms with E-state index in [0.717, 1.165) is 15.3 Å². The van der Waals surface area contributed by atoms with E-state index in [1.807, 2.05) is 12.1 Å². The van der Waals surface area contributed by atoms with E-state index in [9.17, 15) is 14.9 Å². The van der Waals surface area contributed by atoms with Crippen LogP contribution in [0.15, 0.2) is 36.4 Å². The first kappa shape index (κ1) is 15.1. The highest BCUT2D eigenvalue weighted by atomic mass is 32.1. The van der Waals surface area contributed by atoms with Crippen LogP contribution >= 0.6 is 11.3 Å². The van der Waals surface area contributed by atoms with Crippen molar-refractivity contribution < 1.29 is 14.8 Å². The quantitative estimate of drug-likeness (QED) is 0.606. The highest BCUT2D eigenvalue weighted by molar-refractivity contribution is 7.12. The molecule has 0 radical (unpaired) electrons. The first-order chi connectivity index (χ1) is 10.0. The number of thiophene rings is 1. The van der Waals surface area contributed by atoms with E-state index >= 15 is 0 Å². The number of nitro benzene ring substituents is 1. The molecule has 2 N–H and O–H groups in total. The maximum absolute atomic E-state index is 10.6. The molecule has 7 heteroatoms. The molecule has 1 aromatic heterocycles. The Morgan fingerprint density at radius 1 is 1.14 bits per heavy atom. The molecule has 0 aliphatic carbocycles. The highest BCUT2D eigenvalue weighted by Crippen LogP contribution is 2.17. The van der Waals surface area contributed by atoms with E-state index < -0.39 is 10.9 Å². The number of rotatable bonds is 7. The van der Waals surface area contributed by atoms with Gasteiger partial charge in [0.25, 0.3) is 5.69 Å². The second-order valence-corrected chi connectivity index (χ2v) is 5.72. The second-order valence-electron chi connectivity index (χ2n) is 4.47. The van der Waals surface area contributed by atoms with Crippen LogP contribution in [0.25, 0.3) is 0 Å². The van der Waals surface area contributed by atoms with Crippen LogP contribution in [0.3, 0.4) is 0 Å². The molecule has 1 heterocycles. The number of aliphatic carboxylic acids is 1. The number of benzene rings is 1. The Morgan fingerprint density at radius 2 is 1.81 bits per heavy atom. The first-order valence-corrected chi connectivity index (χ1v) is 7.09. The molecule has 0 aliphatic rings. The van der Waals surface area contributed by atoms with Crippen LogP contribution in [-0.2, 0) is 24.3 Å². The maximum Gasteiger partial charge on any atom is 0.308 e. The fourth-order valence-electron chi connectivity index (χ4n) is 1.83. The third-order valence-electron chi connectivity index (χ3n) is 2.82. The Bertz CT molecular complexity index is 637. The Kier molecular flexibility index (Phi) is 5.02. The molecule has 0 unspecified atom stereocenters. The van der Waals surface area contributed by atoms with Gasteiger partial charge >= 0.3 is 5.97 Å². The monoisotopic (exact) mass is 306 g/mol. The summed E-state index contributed by atoms with van der Waals surface area (Å²) in [5, 5.41) is 22.5. The van der Waals surface area contributed by atoms with Gasteiger partial charge in [0.05, 0.1) is 11.3 Å². The largest absolute Gasteiger partial charge is 0.481 e. The van der Waals surface area contributed by atoms with Gasteiger partial charge in [-0.05, 0) is 17.7 Å². The van der Waals surface area contributed by atoms with E-state index in [-0.39, 0.29) is 12.1 Å². The van der Waals surface area contributed by atoms with Gasteiger partial charge < -0.3 is 10.4 Å². The van der Waals surface area contributed by atoms with E-state index in [1.165, 1.54) is 23.5 Å². The second kappa shape index (κ2) is 6.96. The van der Waals surface area contributed by atoms with Crippen LogP contribution in [-0.4, -0.2) is 16.0 Å². The molecule has 0 atom stereocenters. The lowest BCUT2D eigenvalue weighted by Crippen LogP contribution is -2.11. The fourth-order valence-corrected chi connectivity index (χ4v) is 2.81. The van der Waals surface area contributed by atoms with Crippen molar-refractivity contribution in [2.45, 2.75) is 19.5 Å². The summed E-state index contributed by atoms with van der Waals surface area (Å²) in [5.41, 5.74) is 1.04. The van der Waals surface area contributed by atoms with Crippen molar-refractivity contribution in [1.29, 1.82) is 0 Å². The van der Waals surface area contributed by atoms with Crippen molar-refractivity contribution in [2.24, 2.45) is 0 Å². The van der Waals surface area contributed by atoms with Crippen LogP contribution in [0.4, 0.5) is 5.69 Å². The summed E-state index contributed by atoms with van der Waals surface area (Å²) in [6, 6.07) is 10.1. The van der Waals surface area contributed by atoms with Crippen molar-refractivity contribution in [2.75, 3.05) is 0 Å². The Labute approximate surface area is 125 Å². The molecule has 0 amide bonds. The van der Waals surface area contributed by atoms with E-state index in [0.29, 0.717) is 13.1 Å². The summed E-state index contributed by atoms with van der Waals surface area (Å²) in [5.74, 6) is -0.831. The minimum Gasteiger partial charge on any atom is -0.481 e. The van der Waals surface area contributed by atoms with Crippen molar-refractivity contribution in [3.8, 4) is 0 Å². The summed E-state index contributed by atoms with van der Waals surface area (Å²) >= 11 is 1.47. The first-order valence-electron chi connectivity index (χ1n) is 6.28. The molecule has 21 heavy (non-hydrogen) atoms. The summed E-state index contributed by atoms with van der Waals surface area (Å²) in [6.45, 7) is 1.24. The summed E-state index contributed by atoms with van der Waals surface area (Å²) < 4.78 is 0. The third kappa shape index (κ3) is 4.66. The van der Waals surface area contributed by atoms with Gasteiger partial charge in [0, 0.05) is 35.0 Å². The van der Waals surface area contributed by atoms with Crippen LogP contribution in [0.1, 0.15) is 15.3 Å². The minimum absolute atomic E-state index is 0.0486. The molecule has 2 aromatic rings. The number of non-ortho nitro benzene ring substituents is 1. The number of nitrogens with one attached hydrogen (secondary N) is 1. The van der Waals surface area contributed by atoms with Gasteiger partial charge in [0.1, 0.15) is 0 Å². The molecule has 110 valence electrons. The molecule has 0 spiro atoms. The van der Waals surface area contributed by atoms with Gasteiger partial charge in [-0.25, -0.2) is 0 Å². The predicted octanol–water partition coefficient (Wildman–Crippen LogP) is 2.57. The summed E-state index contributed by atoms with van der Waals surface area (Å²) in [4.78, 5) is 22.6. The van der Waals surface area contributed by atoms with Crippen molar-refractivity contribution in [1.82, 2.24) is 5.32 Å². The Balaban J connectivity index is 1.82. The van der Waals surface area contributed by atoms with Crippen LogP contribution in [0.5, 0.6) is 0 Å². The number of carboxylic acid groups (broad SMARTS) is 1. The van der Waals surface area contributed by atoms with Gasteiger partial charge in [-0.15, -0.1) is 11.3 Å². The summed E-state index contributed by atoms with van der Waals surface area (Å²) in [6.07, 6.45) is 0.0486. The lowest BCUT2D eigenvalue weighted by atomic mass is 10.2. The average molecular weight is 306 g/mol. The molecule has 0 saturated heterocycles. The van der Waals surface area contributed by atoms with Gasteiger partial charge in [0.15, 0.2) is 0 Å².